The average molecular weight is 370 g/mol. The van der Waals surface area contributed by atoms with Gasteiger partial charge in [0.05, 0.1) is 4.90 Å². The van der Waals surface area contributed by atoms with Crippen LogP contribution in [0.4, 0.5) is 5.95 Å². The number of aryl methyl sites for hydroxylation is 1. The fourth-order valence-corrected chi connectivity index (χ4v) is 4.20. The molecule has 0 saturated carbocycles. The summed E-state index contributed by atoms with van der Waals surface area (Å²) in [6.07, 6.45) is 0. The van der Waals surface area contributed by atoms with Gasteiger partial charge in [0.1, 0.15) is 0 Å². The first kappa shape index (κ1) is 16.6. The van der Waals surface area contributed by atoms with Crippen molar-refractivity contribution < 1.29 is 8.42 Å². The minimum absolute atomic E-state index is 0.0524. The average Bonchev–Trinajstić information content (AvgIpc) is 3.18. The zero-order chi connectivity index (χ0) is 18.3. The Balaban J connectivity index is 1.72. The molecule has 0 atom stereocenters. The molecular formula is C18H18N4O3S. The van der Waals surface area contributed by atoms with Gasteiger partial charge >= 0.3 is 5.69 Å². The first-order valence-corrected chi connectivity index (χ1v) is 9.72. The van der Waals surface area contributed by atoms with Gasteiger partial charge in [-0.05, 0) is 24.6 Å². The van der Waals surface area contributed by atoms with Crippen LogP contribution in [0.15, 0.2) is 64.3 Å². The summed E-state index contributed by atoms with van der Waals surface area (Å²) in [6, 6.07) is 16.2. The number of fused-ring (bicyclic) bond motifs is 1. The van der Waals surface area contributed by atoms with E-state index in [-0.39, 0.29) is 4.90 Å². The molecule has 0 saturated heterocycles. The van der Waals surface area contributed by atoms with E-state index < -0.39 is 15.7 Å². The molecule has 0 radical (unpaired) electrons. The van der Waals surface area contributed by atoms with Crippen molar-refractivity contribution in [1.29, 1.82) is 0 Å². The number of anilines is 1. The van der Waals surface area contributed by atoms with Gasteiger partial charge in [-0.15, -0.1) is 5.10 Å². The number of benzene rings is 2. The Hall–Kier alpha value is -2.87. The standard InChI is InChI=1S/C18H18N4O3S/c1-14-7-9-16(10-8-14)26(24,25)22-18(23)21-12-11-20(17(21)19-22)13-15-5-3-2-4-6-15/h2-10H,11-13H2,1H3. The molecule has 0 amide bonds. The van der Waals surface area contributed by atoms with Crippen LogP contribution in [-0.2, 0) is 23.1 Å². The van der Waals surface area contributed by atoms with Gasteiger partial charge in [-0.3, -0.25) is 4.57 Å². The Labute approximate surface area is 151 Å². The van der Waals surface area contributed by atoms with Gasteiger partial charge < -0.3 is 4.90 Å². The lowest BCUT2D eigenvalue weighted by molar-refractivity contribution is 0.574. The van der Waals surface area contributed by atoms with Crippen LogP contribution in [-0.4, -0.2) is 28.7 Å². The highest BCUT2D eigenvalue weighted by Gasteiger charge is 2.30. The Bertz CT molecular complexity index is 1100. The molecule has 3 aromatic rings. The minimum Gasteiger partial charge on any atom is -0.335 e. The molecule has 26 heavy (non-hydrogen) atoms. The van der Waals surface area contributed by atoms with E-state index in [1.807, 2.05) is 42.2 Å². The second kappa shape index (κ2) is 6.14. The van der Waals surface area contributed by atoms with Crippen LogP contribution in [0.1, 0.15) is 11.1 Å². The predicted octanol–water partition coefficient (Wildman–Crippen LogP) is 1.61. The smallest absolute Gasteiger partial charge is 0.335 e. The van der Waals surface area contributed by atoms with Gasteiger partial charge in [-0.1, -0.05) is 52.1 Å². The number of aromatic nitrogens is 3. The van der Waals surface area contributed by atoms with Crippen LogP contribution in [0.5, 0.6) is 0 Å². The van der Waals surface area contributed by atoms with E-state index >= 15 is 0 Å². The highest BCUT2D eigenvalue weighted by molar-refractivity contribution is 7.89. The normalized spacial score (nSPS) is 13.8. The summed E-state index contributed by atoms with van der Waals surface area (Å²) in [5.74, 6) is 0.384. The van der Waals surface area contributed by atoms with Crippen molar-refractivity contribution in [3.63, 3.8) is 0 Å². The lowest BCUT2D eigenvalue weighted by atomic mass is 10.2. The minimum atomic E-state index is -4.02. The molecular weight excluding hydrogens is 352 g/mol. The van der Waals surface area contributed by atoms with Crippen molar-refractivity contribution >= 4 is 16.0 Å². The molecule has 0 bridgehead atoms. The second-order valence-electron chi connectivity index (χ2n) is 6.30. The summed E-state index contributed by atoms with van der Waals surface area (Å²) in [6.45, 7) is 3.49. The van der Waals surface area contributed by atoms with Crippen molar-refractivity contribution in [1.82, 2.24) is 13.8 Å². The third-order valence-corrected chi connectivity index (χ3v) is 6.02. The number of hydrogen-bond donors (Lipinski definition) is 0. The molecule has 1 aliphatic rings. The Morgan fingerprint density at radius 1 is 1.00 bits per heavy atom. The lowest BCUT2D eigenvalue weighted by Crippen LogP contribution is -2.31. The number of rotatable bonds is 4. The van der Waals surface area contributed by atoms with E-state index in [4.69, 9.17) is 0 Å². The summed E-state index contributed by atoms with van der Waals surface area (Å²) in [7, 11) is -4.02. The highest BCUT2D eigenvalue weighted by atomic mass is 32.2. The number of nitrogens with zero attached hydrogens (tertiary/aromatic N) is 4. The molecule has 0 N–H and O–H groups in total. The van der Waals surface area contributed by atoms with Gasteiger partial charge in [0, 0.05) is 19.6 Å². The molecule has 0 unspecified atom stereocenters. The van der Waals surface area contributed by atoms with Gasteiger partial charge in [0.15, 0.2) is 0 Å². The monoisotopic (exact) mass is 370 g/mol. The van der Waals surface area contributed by atoms with Crippen molar-refractivity contribution in [2.24, 2.45) is 0 Å². The summed E-state index contributed by atoms with van der Waals surface area (Å²) in [4.78, 5) is 14.6. The molecule has 0 aliphatic carbocycles. The maximum Gasteiger partial charge on any atom is 0.362 e. The van der Waals surface area contributed by atoms with E-state index in [2.05, 4.69) is 5.10 Å². The maximum absolute atomic E-state index is 12.8. The molecule has 0 spiro atoms. The SMILES string of the molecule is Cc1ccc(S(=O)(=O)n2nc3n(c2=O)CCN3Cc2ccccc2)cc1. The molecule has 8 heteroatoms. The van der Waals surface area contributed by atoms with Crippen LogP contribution < -0.4 is 10.6 Å². The molecule has 2 heterocycles. The quantitative estimate of drug-likeness (QED) is 0.697. The van der Waals surface area contributed by atoms with Crippen LogP contribution in [0.3, 0.4) is 0 Å². The van der Waals surface area contributed by atoms with E-state index in [1.165, 1.54) is 16.7 Å². The Morgan fingerprint density at radius 2 is 1.69 bits per heavy atom. The van der Waals surface area contributed by atoms with Crippen LogP contribution in [0.2, 0.25) is 0 Å². The van der Waals surface area contributed by atoms with E-state index in [9.17, 15) is 13.2 Å². The van der Waals surface area contributed by atoms with Crippen LogP contribution in [0, 0.1) is 6.92 Å². The zero-order valence-electron chi connectivity index (χ0n) is 14.2. The molecule has 134 valence electrons. The van der Waals surface area contributed by atoms with E-state index in [0.29, 0.717) is 29.7 Å². The summed E-state index contributed by atoms with van der Waals surface area (Å²) < 4.78 is 27.6. The fourth-order valence-electron chi connectivity index (χ4n) is 3.04. The predicted molar refractivity (Wildman–Crippen MR) is 97.7 cm³/mol. The molecule has 7 nitrogen and oxygen atoms in total. The van der Waals surface area contributed by atoms with Gasteiger partial charge in [0.25, 0.3) is 10.0 Å². The highest BCUT2D eigenvalue weighted by Crippen LogP contribution is 2.21. The summed E-state index contributed by atoms with van der Waals surface area (Å²) in [5.41, 5.74) is 1.39. The van der Waals surface area contributed by atoms with Gasteiger partial charge in [-0.2, -0.15) is 8.42 Å². The molecule has 1 aromatic heterocycles. The third kappa shape index (κ3) is 2.72. The van der Waals surface area contributed by atoms with Crippen LogP contribution in [0.25, 0.3) is 0 Å². The topological polar surface area (TPSA) is 77.2 Å². The van der Waals surface area contributed by atoms with Crippen molar-refractivity contribution in [2.45, 2.75) is 24.9 Å². The lowest BCUT2D eigenvalue weighted by Gasteiger charge is -2.15. The van der Waals surface area contributed by atoms with E-state index in [1.54, 1.807) is 12.1 Å². The largest absolute Gasteiger partial charge is 0.362 e. The summed E-state index contributed by atoms with van der Waals surface area (Å²) >= 11 is 0. The van der Waals surface area contributed by atoms with Crippen molar-refractivity contribution in [2.75, 3.05) is 11.4 Å². The first-order chi connectivity index (χ1) is 12.5. The molecule has 4 rings (SSSR count). The van der Waals surface area contributed by atoms with Crippen molar-refractivity contribution in [3.8, 4) is 0 Å². The molecule has 1 aliphatic heterocycles. The first-order valence-electron chi connectivity index (χ1n) is 8.28. The Morgan fingerprint density at radius 3 is 2.38 bits per heavy atom. The molecule has 0 fully saturated rings. The molecule has 2 aromatic carbocycles. The van der Waals surface area contributed by atoms with Gasteiger partial charge in [0.2, 0.25) is 5.95 Å². The van der Waals surface area contributed by atoms with Crippen molar-refractivity contribution in [3.05, 3.63) is 76.2 Å². The zero-order valence-corrected chi connectivity index (χ0v) is 15.1. The van der Waals surface area contributed by atoms with Crippen LogP contribution >= 0.6 is 0 Å². The third-order valence-electron chi connectivity index (χ3n) is 4.46. The summed E-state index contributed by atoms with van der Waals surface area (Å²) in [5, 5.41) is 4.14. The number of hydrogen-bond acceptors (Lipinski definition) is 5. The second-order valence-corrected chi connectivity index (χ2v) is 8.07. The Kier molecular flexibility index (Phi) is 3.91. The van der Waals surface area contributed by atoms with E-state index in [0.717, 1.165) is 11.1 Å². The fraction of sp³-hybridized carbons (Fsp3) is 0.222. The van der Waals surface area contributed by atoms with Gasteiger partial charge in [-0.25, -0.2) is 4.79 Å². The maximum atomic E-state index is 12.8.